The molecule has 0 fully saturated rings. The van der Waals surface area contributed by atoms with Crippen molar-refractivity contribution in [2.24, 2.45) is 0 Å². The Morgan fingerprint density at radius 3 is 1.84 bits per heavy atom. The van der Waals surface area contributed by atoms with Gasteiger partial charge in [-0.05, 0) is 43.4 Å². The molecule has 49 heavy (non-hydrogen) atoms. The smallest absolute Gasteiger partial charge is 0.326 e. The number of carboxylic acids is 4. The van der Waals surface area contributed by atoms with Crippen LogP contribution in [0.5, 0.6) is 0 Å². The highest BCUT2D eigenvalue weighted by atomic mass is 16.4. The maximum Gasteiger partial charge on any atom is 0.326 e. The molecule has 0 saturated carbocycles. The maximum absolute atomic E-state index is 13.2. The summed E-state index contributed by atoms with van der Waals surface area (Å²) in [5.74, 6) is -8.18. The first-order valence-corrected chi connectivity index (χ1v) is 14.9. The fourth-order valence-electron chi connectivity index (χ4n) is 4.81. The Morgan fingerprint density at radius 2 is 1.31 bits per heavy atom. The standard InChI is InChI=1S/C29H36N8O12/c30-29-36-23-22(27(47)37-29)32-15(12-31-23)11-13-1-3-14(4-2-13)24(44)33-16(5-8-19(38)39)25(45)34-17(6-9-20(40)41)26(46)35-18(28(48)49)7-10-21(42)43/h1-4,15-18,32H,5-12H2,(H,33,44)(H,34,45)(H,35,46)(H,38,39)(H,40,41)(H,42,43)(H,48,49)(H4,30,31,36,37,47)/t15-,16-,17-,18-/m0/s1. The first kappa shape index (κ1) is 37.2. The van der Waals surface area contributed by atoms with Crippen molar-refractivity contribution in [3.05, 3.63) is 45.7 Å². The Kier molecular flexibility index (Phi) is 13.0. The number of fused-ring (bicyclic) bond motifs is 1. The molecule has 1 aliphatic rings. The minimum Gasteiger partial charge on any atom is -0.481 e. The van der Waals surface area contributed by atoms with Crippen LogP contribution in [-0.2, 0) is 35.2 Å². The summed E-state index contributed by atoms with van der Waals surface area (Å²) in [7, 11) is 0. The Bertz CT molecular complexity index is 1640. The topological polar surface area (TPSA) is 332 Å². The van der Waals surface area contributed by atoms with Crippen LogP contribution in [0.2, 0.25) is 0 Å². The van der Waals surface area contributed by atoms with Crippen molar-refractivity contribution in [1.29, 1.82) is 0 Å². The zero-order chi connectivity index (χ0) is 36.2. The Balaban J connectivity index is 1.69. The average molecular weight is 689 g/mol. The van der Waals surface area contributed by atoms with Crippen LogP contribution >= 0.6 is 0 Å². The van der Waals surface area contributed by atoms with E-state index in [0.29, 0.717) is 18.8 Å². The van der Waals surface area contributed by atoms with E-state index in [4.69, 9.17) is 15.9 Å². The third kappa shape index (κ3) is 11.5. The van der Waals surface area contributed by atoms with Gasteiger partial charge < -0.3 is 52.7 Å². The minimum absolute atomic E-state index is 0.0320. The molecule has 3 amide bonds. The van der Waals surface area contributed by atoms with Crippen LogP contribution < -0.4 is 37.9 Å². The molecule has 4 atom stereocenters. The molecule has 0 spiro atoms. The van der Waals surface area contributed by atoms with Crippen molar-refractivity contribution in [3.63, 3.8) is 0 Å². The van der Waals surface area contributed by atoms with E-state index in [2.05, 4.69) is 36.6 Å². The molecule has 2 aromatic rings. The molecule has 0 bridgehead atoms. The fraction of sp³-hybridized carbons (Fsp3) is 0.414. The van der Waals surface area contributed by atoms with Crippen LogP contribution in [0.15, 0.2) is 29.1 Å². The van der Waals surface area contributed by atoms with Crippen molar-refractivity contribution in [3.8, 4) is 0 Å². The maximum atomic E-state index is 13.2. The zero-order valence-electron chi connectivity index (χ0n) is 25.9. The van der Waals surface area contributed by atoms with Crippen molar-refractivity contribution in [2.45, 2.75) is 69.1 Å². The number of nitrogen functional groups attached to an aromatic ring is 1. The highest BCUT2D eigenvalue weighted by Crippen LogP contribution is 2.21. The number of amides is 3. The van der Waals surface area contributed by atoms with Crippen LogP contribution in [0.25, 0.3) is 0 Å². The number of carbonyl (C=O) groups is 7. The number of aromatic amines is 1. The Labute approximate surface area is 276 Å². The van der Waals surface area contributed by atoms with E-state index in [9.17, 15) is 48.6 Å². The normalized spacial score (nSPS) is 15.1. The van der Waals surface area contributed by atoms with Crippen LogP contribution in [0.4, 0.5) is 17.5 Å². The number of carboxylic acid groups (broad SMARTS) is 4. The predicted molar refractivity (Wildman–Crippen MR) is 169 cm³/mol. The van der Waals surface area contributed by atoms with Gasteiger partial charge in [0.25, 0.3) is 11.5 Å². The first-order chi connectivity index (χ1) is 23.1. The highest BCUT2D eigenvalue weighted by molar-refractivity contribution is 5.99. The molecule has 0 radical (unpaired) electrons. The second-order valence-electron chi connectivity index (χ2n) is 11.1. The van der Waals surface area contributed by atoms with Crippen LogP contribution in [0, 0.1) is 0 Å². The summed E-state index contributed by atoms with van der Waals surface area (Å²) in [6.45, 7) is 0.413. The lowest BCUT2D eigenvalue weighted by atomic mass is 10.0. The quantitative estimate of drug-likeness (QED) is 0.0853. The molecule has 20 heteroatoms. The molecule has 2 heterocycles. The molecule has 20 nitrogen and oxygen atoms in total. The van der Waals surface area contributed by atoms with Crippen LogP contribution in [0.1, 0.15) is 54.4 Å². The summed E-state index contributed by atoms with van der Waals surface area (Å²) in [5.41, 5.74) is 6.22. The SMILES string of the molecule is Nc1nc2c(c(=O)[nH]1)N[C@@H](Cc1ccc(C(=O)N[C@@H](CCC(=O)O)C(=O)N[C@@H](CCC(=O)O)C(=O)N[C@@H](CCC(=O)O)C(=O)O)cc1)CN2. The first-order valence-electron chi connectivity index (χ1n) is 14.9. The van der Waals surface area contributed by atoms with E-state index in [0.717, 1.165) is 5.56 Å². The van der Waals surface area contributed by atoms with Gasteiger partial charge in [-0.15, -0.1) is 0 Å². The van der Waals surface area contributed by atoms with Gasteiger partial charge in [0.15, 0.2) is 5.82 Å². The third-order valence-electron chi connectivity index (χ3n) is 7.31. The number of aliphatic carboxylic acids is 4. The number of aromatic nitrogens is 2. The van der Waals surface area contributed by atoms with Crippen molar-refractivity contribution in [2.75, 3.05) is 22.9 Å². The van der Waals surface area contributed by atoms with E-state index in [-0.39, 0.29) is 23.2 Å². The van der Waals surface area contributed by atoms with Crippen LogP contribution in [0.3, 0.4) is 0 Å². The largest absolute Gasteiger partial charge is 0.481 e. The fourth-order valence-corrected chi connectivity index (χ4v) is 4.81. The Hall–Kier alpha value is -6.21. The van der Waals surface area contributed by atoms with Gasteiger partial charge in [0.1, 0.15) is 23.8 Å². The van der Waals surface area contributed by atoms with E-state index < -0.39 is 104 Å². The zero-order valence-corrected chi connectivity index (χ0v) is 25.9. The van der Waals surface area contributed by atoms with Crippen LogP contribution in [-0.4, -0.2) is 103 Å². The van der Waals surface area contributed by atoms with Crippen molar-refractivity contribution < 1.29 is 54.0 Å². The summed E-state index contributed by atoms with van der Waals surface area (Å²) in [4.78, 5) is 103. The summed E-state index contributed by atoms with van der Waals surface area (Å²) < 4.78 is 0. The van der Waals surface area contributed by atoms with E-state index in [1.807, 2.05) is 0 Å². The van der Waals surface area contributed by atoms with Gasteiger partial charge in [0, 0.05) is 37.4 Å². The molecule has 0 aliphatic carbocycles. The lowest BCUT2D eigenvalue weighted by molar-refractivity contribution is -0.144. The number of anilines is 3. The van der Waals surface area contributed by atoms with Gasteiger partial charge in [-0.25, -0.2) is 4.79 Å². The van der Waals surface area contributed by atoms with Gasteiger partial charge in [-0.2, -0.15) is 4.98 Å². The number of nitrogens with zero attached hydrogens (tertiary/aromatic N) is 1. The van der Waals surface area contributed by atoms with Gasteiger partial charge in [-0.3, -0.25) is 38.5 Å². The summed E-state index contributed by atoms with van der Waals surface area (Å²) in [5, 5.41) is 49.4. The number of benzene rings is 1. The van der Waals surface area contributed by atoms with Gasteiger partial charge in [0.05, 0.1) is 0 Å². The molecular formula is C29H36N8O12. The number of H-pyrrole nitrogens is 1. The predicted octanol–water partition coefficient (Wildman–Crippen LogP) is -1.45. The minimum atomic E-state index is -1.67. The van der Waals surface area contributed by atoms with Crippen molar-refractivity contribution in [1.82, 2.24) is 25.9 Å². The number of rotatable bonds is 18. The van der Waals surface area contributed by atoms with E-state index in [1.165, 1.54) is 12.1 Å². The second-order valence-corrected chi connectivity index (χ2v) is 11.1. The monoisotopic (exact) mass is 688 g/mol. The third-order valence-corrected chi connectivity index (χ3v) is 7.31. The number of hydrogen-bond acceptors (Lipinski definition) is 12. The molecule has 1 aromatic carbocycles. The number of carbonyl (C=O) groups excluding carboxylic acids is 3. The number of hydrogen-bond donors (Lipinski definition) is 11. The molecule has 3 rings (SSSR count). The molecule has 1 aliphatic heterocycles. The summed E-state index contributed by atoms with van der Waals surface area (Å²) in [6.07, 6.45) is -2.81. The Morgan fingerprint density at radius 1 is 0.796 bits per heavy atom. The van der Waals surface area contributed by atoms with Gasteiger partial charge >= 0.3 is 23.9 Å². The molecule has 12 N–H and O–H groups in total. The number of nitrogens with one attached hydrogen (secondary N) is 6. The lowest BCUT2D eigenvalue weighted by Crippen LogP contribution is -2.56. The molecule has 0 unspecified atom stereocenters. The van der Waals surface area contributed by atoms with Crippen molar-refractivity contribution >= 4 is 59.1 Å². The molecular weight excluding hydrogens is 652 g/mol. The van der Waals surface area contributed by atoms with Gasteiger partial charge in [-0.1, -0.05) is 12.1 Å². The highest BCUT2D eigenvalue weighted by Gasteiger charge is 2.31. The lowest BCUT2D eigenvalue weighted by Gasteiger charge is -2.27. The molecule has 264 valence electrons. The number of nitrogens with two attached hydrogens (primary N) is 1. The van der Waals surface area contributed by atoms with E-state index in [1.54, 1.807) is 12.1 Å². The molecule has 0 saturated heterocycles. The summed E-state index contributed by atoms with van der Waals surface area (Å²) in [6, 6.07) is 1.17. The average Bonchev–Trinajstić information content (AvgIpc) is 3.03. The summed E-state index contributed by atoms with van der Waals surface area (Å²) >= 11 is 0. The van der Waals surface area contributed by atoms with E-state index >= 15 is 0 Å². The van der Waals surface area contributed by atoms with Gasteiger partial charge in [0.2, 0.25) is 17.8 Å². The molecule has 1 aromatic heterocycles. The second kappa shape index (κ2) is 17.1.